The third-order valence-electron chi connectivity index (χ3n) is 5.90. The summed E-state index contributed by atoms with van der Waals surface area (Å²) in [6, 6.07) is 5.90. The molecular formula is C23H27N5O2. The van der Waals surface area contributed by atoms with Gasteiger partial charge in [0.15, 0.2) is 5.76 Å². The summed E-state index contributed by atoms with van der Waals surface area (Å²) in [5.74, 6) is 2.71. The Morgan fingerprint density at radius 2 is 1.93 bits per heavy atom. The highest BCUT2D eigenvalue weighted by atomic mass is 16.5. The molecule has 7 nitrogen and oxygen atoms in total. The fourth-order valence-electron chi connectivity index (χ4n) is 3.99. The first-order valence-corrected chi connectivity index (χ1v) is 10.9. The van der Waals surface area contributed by atoms with E-state index in [2.05, 4.69) is 25.4 Å². The molecule has 0 aromatic carbocycles. The van der Waals surface area contributed by atoms with Gasteiger partial charge in [0.2, 0.25) is 5.95 Å². The summed E-state index contributed by atoms with van der Waals surface area (Å²) >= 11 is 0. The number of aryl methyl sites for hydroxylation is 1. The number of aromatic nitrogens is 4. The van der Waals surface area contributed by atoms with Crippen molar-refractivity contribution in [3.63, 3.8) is 0 Å². The number of nitrogens with zero attached hydrogens (tertiary/aromatic N) is 4. The van der Waals surface area contributed by atoms with E-state index < -0.39 is 0 Å². The Bertz CT molecular complexity index is 991. The Hall–Kier alpha value is -2.96. The summed E-state index contributed by atoms with van der Waals surface area (Å²) in [6.45, 7) is 2.47. The minimum absolute atomic E-state index is 0.310. The maximum Gasteiger partial charge on any atom is 0.223 e. The number of rotatable bonds is 7. The summed E-state index contributed by atoms with van der Waals surface area (Å²) in [4.78, 5) is 13.5. The lowest BCUT2D eigenvalue weighted by Gasteiger charge is -2.22. The van der Waals surface area contributed by atoms with Crippen LogP contribution in [0.5, 0.6) is 5.75 Å². The molecule has 3 heterocycles. The SMILES string of the molecule is Cc1noc(-c2ccc(OC3CCCCC3)cn2)c1CNc1nccc(C2CC2)n1. The molecule has 0 aliphatic heterocycles. The van der Waals surface area contributed by atoms with Crippen LogP contribution < -0.4 is 10.1 Å². The van der Waals surface area contributed by atoms with Crippen molar-refractivity contribution in [1.29, 1.82) is 0 Å². The Morgan fingerprint density at radius 3 is 2.70 bits per heavy atom. The lowest BCUT2D eigenvalue weighted by atomic mass is 9.98. The van der Waals surface area contributed by atoms with Gasteiger partial charge in [-0.05, 0) is 63.6 Å². The van der Waals surface area contributed by atoms with Crippen LogP contribution in [0.4, 0.5) is 5.95 Å². The quantitative estimate of drug-likeness (QED) is 0.589. The van der Waals surface area contributed by atoms with Crippen LogP contribution in [0.2, 0.25) is 0 Å². The van der Waals surface area contributed by atoms with E-state index in [1.807, 2.05) is 31.3 Å². The topological polar surface area (TPSA) is 86.0 Å². The van der Waals surface area contributed by atoms with E-state index in [9.17, 15) is 0 Å². The highest BCUT2D eigenvalue weighted by Crippen LogP contribution is 2.39. The zero-order valence-corrected chi connectivity index (χ0v) is 17.3. The zero-order valence-electron chi connectivity index (χ0n) is 17.3. The highest BCUT2D eigenvalue weighted by molar-refractivity contribution is 5.58. The average Bonchev–Trinajstić information content (AvgIpc) is 3.57. The van der Waals surface area contributed by atoms with Gasteiger partial charge in [0.05, 0.1) is 18.0 Å². The Morgan fingerprint density at radius 1 is 1.07 bits per heavy atom. The van der Waals surface area contributed by atoms with Crippen LogP contribution in [-0.4, -0.2) is 26.2 Å². The molecule has 2 aliphatic carbocycles. The number of nitrogens with one attached hydrogen (secondary N) is 1. The van der Waals surface area contributed by atoms with Crippen molar-refractivity contribution in [2.75, 3.05) is 5.32 Å². The maximum absolute atomic E-state index is 6.08. The van der Waals surface area contributed by atoms with Gasteiger partial charge < -0.3 is 14.6 Å². The first-order chi connectivity index (χ1) is 14.8. The maximum atomic E-state index is 6.08. The van der Waals surface area contributed by atoms with E-state index in [4.69, 9.17) is 9.26 Å². The predicted octanol–water partition coefficient (Wildman–Crippen LogP) is 5.04. The van der Waals surface area contributed by atoms with Gasteiger partial charge in [0.25, 0.3) is 0 Å². The number of hydrogen-bond acceptors (Lipinski definition) is 7. The molecule has 0 spiro atoms. The van der Waals surface area contributed by atoms with Crippen molar-refractivity contribution in [2.45, 2.75) is 70.4 Å². The minimum Gasteiger partial charge on any atom is -0.489 e. The monoisotopic (exact) mass is 405 g/mol. The first-order valence-electron chi connectivity index (χ1n) is 10.9. The van der Waals surface area contributed by atoms with Crippen molar-refractivity contribution < 1.29 is 9.26 Å². The smallest absolute Gasteiger partial charge is 0.223 e. The molecule has 0 saturated heterocycles. The van der Waals surface area contributed by atoms with Gasteiger partial charge in [0, 0.05) is 29.9 Å². The molecule has 3 aromatic heterocycles. The van der Waals surface area contributed by atoms with E-state index in [1.54, 1.807) is 6.20 Å². The van der Waals surface area contributed by atoms with Gasteiger partial charge in [-0.2, -0.15) is 0 Å². The Labute approximate surface area is 176 Å². The van der Waals surface area contributed by atoms with E-state index in [-0.39, 0.29) is 0 Å². The standard InChI is InChI=1S/C23H27N5O2/c1-15-19(14-26-23-24-12-11-20(27-23)16-7-8-16)22(30-28-15)21-10-9-18(13-25-21)29-17-5-3-2-4-6-17/h9-13,16-17H,2-8,14H2,1H3,(H,24,26,27). The van der Waals surface area contributed by atoms with Crippen LogP contribution in [0.3, 0.4) is 0 Å². The zero-order chi connectivity index (χ0) is 20.3. The van der Waals surface area contributed by atoms with Crippen molar-refractivity contribution >= 4 is 5.95 Å². The average molecular weight is 406 g/mol. The molecular weight excluding hydrogens is 378 g/mol. The highest BCUT2D eigenvalue weighted by Gasteiger charge is 2.25. The van der Waals surface area contributed by atoms with Crippen molar-refractivity contribution in [3.8, 4) is 17.2 Å². The van der Waals surface area contributed by atoms with Crippen molar-refractivity contribution in [1.82, 2.24) is 20.1 Å². The fraction of sp³-hybridized carbons (Fsp3) is 0.478. The van der Waals surface area contributed by atoms with Gasteiger partial charge in [-0.25, -0.2) is 15.0 Å². The summed E-state index contributed by atoms with van der Waals surface area (Å²) in [5.41, 5.74) is 3.66. The van der Waals surface area contributed by atoms with Gasteiger partial charge in [0.1, 0.15) is 11.4 Å². The van der Waals surface area contributed by atoms with Crippen LogP contribution in [0, 0.1) is 6.92 Å². The molecule has 30 heavy (non-hydrogen) atoms. The van der Waals surface area contributed by atoms with E-state index in [1.165, 1.54) is 32.1 Å². The van der Waals surface area contributed by atoms with E-state index >= 15 is 0 Å². The van der Waals surface area contributed by atoms with E-state index in [0.717, 1.165) is 41.2 Å². The van der Waals surface area contributed by atoms with Crippen LogP contribution in [0.15, 0.2) is 35.1 Å². The number of ether oxygens (including phenoxy) is 1. The molecule has 2 saturated carbocycles. The fourth-order valence-corrected chi connectivity index (χ4v) is 3.99. The second-order valence-corrected chi connectivity index (χ2v) is 8.27. The van der Waals surface area contributed by atoms with Gasteiger partial charge in [-0.3, -0.25) is 0 Å². The van der Waals surface area contributed by atoms with Crippen LogP contribution in [0.25, 0.3) is 11.5 Å². The van der Waals surface area contributed by atoms with E-state index in [0.29, 0.717) is 30.3 Å². The molecule has 2 fully saturated rings. The third kappa shape index (κ3) is 4.30. The summed E-state index contributed by atoms with van der Waals surface area (Å²) in [7, 11) is 0. The van der Waals surface area contributed by atoms with Crippen molar-refractivity contribution in [2.24, 2.45) is 0 Å². The van der Waals surface area contributed by atoms with Crippen molar-refractivity contribution in [3.05, 3.63) is 47.5 Å². The van der Waals surface area contributed by atoms with Crippen LogP contribution in [0.1, 0.15) is 67.8 Å². The molecule has 0 radical (unpaired) electrons. The molecule has 156 valence electrons. The lowest BCUT2D eigenvalue weighted by molar-refractivity contribution is 0.154. The number of anilines is 1. The molecule has 1 N–H and O–H groups in total. The normalized spacial score (nSPS) is 17.1. The summed E-state index contributed by atoms with van der Waals surface area (Å²) < 4.78 is 11.7. The summed E-state index contributed by atoms with van der Waals surface area (Å²) in [6.07, 6.45) is 12.4. The number of hydrogen-bond donors (Lipinski definition) is 1. The van der Waals surface area contributed by atoms with Gasteiger partial charge in [-0.15, -0.1) is 0 Å². The predicted molar refractivity (Wildman–Crippen MR) is 113 cm³/mol. The largest absolute Gasteiger partial charge is 0.489 e. The molecule has 0 atom stereocenters. The van der Waals surface area contributed by atoms with Crippen LogP contribution >= 0.6 is 0 Å². The Kier molecular flexibility index (Phi) is 5.34. The first kappa shape index (κ1) is 19.0. The van der Waals surface area contributed by atoms with Gasteiger partial charge in [-0.1, -0.05) is 11.6 Å². The molecule has 0 amide bonds. The molecule has 3 aromatic rings. The second kappa shape index (κ2) is 8.42. The Balaban J connectivity index is 1.28. The lowest BCUT2D eigenvalue weighted by Crippen LogP contribution is -2.19. The molecule has 2 aliphatic rings. The molecule has 0 bridgehead atoms. The molecule has 7 heteroatoms. The molecule has 5 rings (SSSR count). The third-order valence-corrected chi connectivity index (χ3v) is 5.90. The molecule has 0 unspecified atom stereocenters. The van der Waals surface area contributed by atoms with Gasteiger partial charge >= 0.3 is 0 Å². The second-order valence-electron chi connectivity index (χ2n) is 8.27. The summed E-state index contributed by atoms with van der Waals surface area (Å²) in [5, 5.41) is 7.46. The number of pyridine rings is 1. The minimum atomic E-state index is 0.310. The van der Waals surface area contributed by atoms with Crippen LogP contribution in [-0.2, 0) is 6.54 Å².